The molecular weight excluding hydrogens is 324 g/mol. The molecule has 0 amide bonds. The van der Waals surface area contributed by atoms with E-state index >= 15 is 0 Å². The van der Waals surface area contributed by atoms with Crippen LogP contribution in [0, 0.1) is 6.92 Å². The number of alkyl halides is 1. The molecule has 4 heteroatoms. The minimum absolute atomic E-state index is 0.337. The van der Waals surface area contributed by atoms with Gasteiger partial charge in [0.25, 0.3) is 0 Å². The summed E-state index contributed by atoms with van der Waals surface area (Å²) < 4.78 is 1.00. The molecule has 1 heterocycles. The summed E-state index contributed by atoms with van der Waals surface area (Å²) in [7, 11) is 0. The van der Waals surface area contributed by atoms with Gasteiger partial charge in [-0.15, -0.1) is 11.6 Å². The van der Waals surface area contributed by atoms with Crippen LogP contribution in [0.4, 0.5) is 5.82 Å². The number of nitrogens with one attached hydrogen (secondary N) is 1. The number of hydrogen-bond acceptors (Lipinski definition) is 2. The van der Waals surface area contributed by atoms with Crippen molar-refractivity contribution in [2.24, 2.45) is 0 Å². The fraction of sp³-hybridized carbons (Fsp3) is 0.267. The molecule has 100 valence electrons. The standard InChI is InChI=1S/C15H16BrClN2/c1-11-8-14(18-9-13(11)16)19-15(2,10-17)12-6-4-3-5-7-12/h3-9H,10H2,1-2H3,(H,18,19). The van der Waals surface area contributed by atoms with Gasteiger partial charge in [0, 0.05) is 16.5 Å². The van der Waals surface area contributed by atoms with Crippen LogP contribution in [-0.4, -0.2) is 10.9 Å². The summed E-state index contributed by atoms with van der Waals surface area (Å²) in [6, 6.07) is 12.2. The Morgan fingerprint density at radius 3 is 2.58 bits per heavy atom. The zero-order valence-electron chi connectivity index (χ0n) is 11.0. The maximum Gasteiger partial charge on any atom is 0.126 e. The van der Waals surface area contributed by atoms with Gasteiger partial charge in [0.05, 0.1) is 5.54 Å². The van der Waals surface area contributed by atoms with E-state index in [0.29, 0.717) is 5.88 Å². The van der Waals surface area contributed by atoms with Crippen molar-refractivity contribution in [3.63, 3.8) is 0 Å². The van der Waals surface area contributed by atoms with Gasteiger partial charge < -0.3 is 5.32 Å². The van der Waals surface area contributed by atoms with Crippen molar-refractivity contribution in [3.8, 4) is 0 Å². The summed E-state index contributed by atoms with van der Waals surface area (Å²) >= 11 is 9.62. The maximum absolute atomic E-state index is 6.16. The Kier molecular flexibility index (Phi) is 4.48. The zero-order valence-corrected chi connectivity index (χ0v) is 13.3. The number of nitrogens with zero attached hydrogens (tertiary/aromatic N) is 1. The molecule has 0 fully saturated rings. The van der Waals surface area contributed by atoms with Crippen LogP contribution in [0.15, 0.2) is 47.1 Å². The van der Waals surface area contributed by atoms with Gasteiger partial charge >= 0.3 is 0 Å². The fourth-order valence-electron chi connectivity index (χ4n) is 1.88. The lowest BCUT2D eigenvalue weighted by molar-refractivity contribution is 0.613. The van der Waals surface area contributed by atoms with Crippen molar-refractivity contribution in [1.82, 2.24) is 4.98 Å². The van der Waals surface area contributed by atoms with Crippen molar-refractivity contribution in [3.05, 3.63) is 58.2 Å². The smallest absolute Gasteiger partial charge is 0.126 e. The average molecular weight is 340 g/mol. The Hall–Kier alpha value is -1.06. The van der Waals surface area contributed by atoms with Crippen LogP contribution in [-0.2, 0) is 5.54 Å². The van der Waals surface area contributed by atoms with E-state index in [1.807, 2.05) is 31.2 Å². The van der Waals surface area contributed by atoms with E-state index in [1.54, 1.807) is 6.20 Å². The molecule has 0 aliphatic carbocycles. The van der Waals surface area contributed by atoms with Gasteiger partial charge in [0.15, 0.2) is 0 Å². The van der Waals surface area contributed by atoms with Gasteiger partial charge in [-0.05, 0) is 47.0 Å². The van der Waals surface area contributed by atoms with Crippen LogP contribution in [0.5, 0.6) is 0 Å². The highest BCUT2D eigenvalue weighted by Gasteiger charge is 2.25. The van der Waals surface area contributed by atoms with E-state index < -0.39 is 0 Å². The predicted octanol–water partition coefficient (Wildman–Crippen LogP) is 4.72. The van der Waals surface area contributed by atoms with Crippen LogP contribution in [0.25, 0.3) is 0 Å². The maximum atomic E-state index is 6.16. The third-order valence-electron chi connectivity index (χ3n) is 3.13. The number of aryl methyl sites for hydroxylation is 1. The molecule has 19 heavy (non-hydrogen) atoms. The normalized spacial score (nSPS) is 13.9. The lowest BCUT2D eigenvalue weighted by Crippen LogP contribution is -2.34. The van der Waals surface area contributed by atoms with E-state index in [2.05, 4.69) is 45.3 Å². The molecule has 0 saturated heterocycles. The molecule has 1 unspecified atom stereocenters. The Morgan fingerprint density at radius 2 is 2.00 bits per heavy atom. The molecule has 1 N–H and O–H groups in total. The second-order valence-corrected chi connectivity index (χ2v) is 5.90. The first-order chi connectivity index (χ1) is 9.05. The summed E-state index contributed by atoms with van der Waals surface area (Å²) in [6.45, 7) is 4.12. The monoisotopic (exact) mass is 338 g/mol. The SMILES string of the molecule is Cc1cc(NC(C)(CCl)c2ccccc2)ncc1Br. The van der Waals surface area contributed by atoms with E-state index in [-0.39, 0.29) is 5.54 Å². The number of aromatic nitrogens is 1. The molecular formula is C15H16BrClN2. The van der Waals surface area contributed by atoms with E-state index in [4.69, 9.17) is 11.6 Å². The van der Waals surface area contributed by atoms with Gasteiger partial charge in [-0.25, -0.2) is 4.98 Å². The fourth-order valence-corrected chi connectivity index (χ4v) is 2.32. The molecule has 0 spiro atoms. The van der Waals surface area contributed by atoms with E-state index in [0.717, 1.165) is 21.4 Å². The highest BCUT2D eigenvalue weighted by atomic mass is 79.9. The second-order valence-electron chi connectivity index (χ2n) is 4.78. The highest BCUT2D eigenvalue weighted by molar-refractivity contribution is 9.10. The van der Waals surface area contributed by atoms with Crippen molar-refractivity contribution >= 4 is 33.3 Å². The van der Waals surface area contributed by atoms with Crippen LogP contribution in [0.3, 0.4) is 0 Å². The Labute approximate surface area is 127 Å². The minimum Gasteiger partial charge on any atom is -0.360 e. The number of hydrogen-bond donors (Lipinski definition) is 1. The average Bonchev–Trinajstić information content (AvgIpc) is 2.44. The van der Waals surface area contributed by atoms with Crippen molar-refractivity contribution in [2.75, 3.05) is 11.2 Å². The number of rotatable bonds is 4. The number of halogens is 2. The summed E-state index contributed by atoms with van der Waals surface area (Å²) in [5, 5.41) is 3.43. The molecule has 2 nitrogen and oxygen atoms in total. The lowest BCUT2D eigenvalue weighted by Gasteiger charge is -2.30. The summed E-state index contributed by atoms with van der Waals surface area (Å²) in [5.74, 6) is 1.29. The first-order valence-corrected chi connectivity index (χ1v) is 7.40. The first-order valence-electron chi connectivity index (χ1n) is 6.07. The number of benzene rings is 1. The van der Waals surface area contributed by atoms with E-state index in [1.165, 1.54) is 0 Å². The summed E-state index contributed by atoms with van der Waals surface area (Å²) in [4.78, 5) is 4.38. The third-order valence-corrected chi connectivity index (χ3v) is 4.49. The minimum atomic E-state index is -0.337. The van der Waals surface area contributed by atoms with Gasteiger partial charge in [0.1, 0.15) is 5.82 Å². The van der Waals surface area contributed by atoms with Crippen molar-refractivity contribution < 1.29 is 0 Å². The van der Waals surface area contributed by atoms with Gasteiger partial charge in [-0.3, -0.25) is 0 Å². The van der Waals surface area contributed by atoms with Crippen LogP contribution in [0.2, 0.25) is 0 Å². The Balaban J connectivity index is 2.30. The van der Waals surface area contributed by atoms with Gasteiger partial charge in [-0.2, -0.15) is 0 Å². The van der Waals surface area contributed by atoms with Crippen LogP contribution < -0.4 is 5.32 Å². The predicted molar refractivity (Wildman–Crippen MR) is 84.8 cm³/mol. The zero-order chi connectivity index (χ0) is 13.9. The summed E-state index contributed by atoms with van der Waals surface area (Å²) in [6.07, 6.45) is 1.80. The third kappa shape index (κ3) is 3.28. The second kappa shape index (κ2) is 5.93. The van der Waals surface area contributed by atoms with Gasteiger partial charge in [0.2, 0.25) is 0 Å². The lowest BCUT2D eigenvalue weighted by atomic mass is 9.94. The summed E-state index contributed by atoms with van der Waals surface area (Å²) in [5.41, 5.74) is 1.95. The van der Waals surface area contributed by atoms with E-state index in [9.17, 15) is 0 Å². The largest absolute Gasteiger partial charge is 0.360 e. The molecule has 0 radical (unpaired) electrons. The van der Waals surface area contributed by atoms with Crippen LogP contribution in [0.1, 0.15) is 18.1 Å². The molecule has 2 rings (SSSR count). The Morgan fingerprint density at radius 1 is 1.32 bits per heavy atom. The van der Waals surface area contributed by atoms with Crippen LogP contribution >= 0.6 is 27.5 Å². The molecule has 1 aromatic carbocycles. The molecule has 0 bridgehead atoms. The highest BCUT2D eigenvalue weighted by Crippen LogP contribution is 2.28. The first kappa shape index (κ1) is 14.4. The molecule has 2 aromatic rings. The Bertz CT molecular complexity index is 559. The molecule has 1 atom stereocenters. The topological polar surface area (TPSA) is 24.9 Å². The number of anilines is 1. The van der Waals surface area contributed by atoms with Gasteiger partial charge in [-0.1, -0.05) is 30.3 Å². The molecule has 0 saturated carbocycles. The molecule has 1 aromatic heterocycles. The van der Waals surface area contributed by atoms with Crippen molar-refractivity contribution in [2.45, 2.75) is 19.4 Å². The molecule has 0 aliphatic rings. The number of pyridine rings is 1. The van der Waals surface area contributed by atoms with Crippen molar-refractivity contribution in [1.29, 1.82) is 0 Å². The quantitative estimate of drug-likeness (QED) is 0.815. The molecule has 0 aliphatic heterocycles.